The van der Waals surface area contributed by atoms with Gasteiger partial charge in [0.2, 0.25) is 0 Å². The highest BCUT2D eigenvalue weighted by atomic mass is 19.1. The Morgan fingerprint density at radius 1 is 1.53 bits per heavy atom. The molecular weight excluding hydrogens is 217 g/mol. The molecule has 2 nitrogen and oxygen atoms in total. The molecule has 3 heteroatoms. The van der Waals surface area contributed by atoms with Gasteiger partial charge in [-0.1, -0.05) is 18.7 Å². The lowest BCUT2D eigenvalue weighted by Crippen LogP contribution is -2.16. The first-order valence-electron chi connectivity index (χ1n) is 6.04. The monoisotopic (exact) mass is 235 g/mol. The van der Waals surface area contributed by atoms with E-state index in [1.165, 1.54) is 18.9 Å². The zero-order valence-corrected chi connectivity index (χ0v) is 10.1. The molecule has 0 radical (unpaired) electrons. The van der Waals surface area contributed by atoms with E-state index in [9.17, 15) is 4.39 Å². The summed E-state index contributed by atoms with van der Waals surface area (Å²) in [5.41, 5.74) is 1.41. The third-order valence-electron chi connectivity index (χ3n) is 2.85. The lowest BCUT2D eigenvalue weighted by atomic mass is 10.1. The van der Waals surface area contributed by atoms with Gasteiger partial charge in [0.15, 0.2) is 0 Å². The van der Waals surface area contributed by atoms with E-state index in [0.29, 0.717) is 36.1 Å². The molecule has 2 rings (SSSR count). The van der Waals surface area contributed by atoms with Crippen molar-refractivity contribution >= 4 is 5.76 Å². The molecule has 0 aromatic heterocycles. The van der Waals surface area contributed by atoms with Crippen LogP contribution in [0.1, 0.15) is 30.9 Å². The van der Waals surface area contributed by atoms with Crippen molar-refractivity contribution in [2.24, 2.45) is 0 Å². The minimum Gasteiger partial charge on any atom is -0.494 e. The van der Waals surface area contributed by atoms with Crippen molar-refractivity contribution in [3.63, 3.8) is 0 Å². The Kier molecular flexibility index (Phi) is 3.79. The highest BCUT2D eigenvalue weighted by molar-refractivity contribution is 5.57. The van der Waals surface area contributed by atoms with Crippen molar-refractivity contribution in [1.29, 1.82) is 0 Å². The Labute approximate surface area is 101 Å². The number of hydrogen-bond donors (Lipinski definition) is 1. The lowest BCUT2D eigenvalue weighted by molar-refractivity contribution is 0.299. The predicted molar refractivity (Wildman–Crippen MR) is 66.9 cm³/mol. The summed E-state index contributed by atoms with van der Waals surface area (Å²) in [4.78, 5) is 0. The summed E-state index contributed by atoms with van der Waals surface area (Å²) < 4.78 is 19.0. The largest absolute Gasteiger partial charge is 0.494 e. The molecule has 1 N–H and O–H groups in total. The van der Waals surface area contributed by atoms with Gasteiger partial charge in [-0.2, -0.15) is 0 Å². The van der Waals surface area contributed by atoms with Crippen LogP contribution in [0.4, 0.5) is 4.39 Å². The maximum atomic E-state index is 13.8. The van der Waals surface area contributed by atoms with Crippen LogP contribution in [0.3, 0.4) is 0 Å². The van der Waals surface area contributed by atoms with Gasteiger partial charge >= 0.3 is 0 Å². The highest BCUT2D eigenvalue weighted by Gasteiger charge is 2.20. The number of hydrogen-bond acceptors (Lipinski definition) is 2. The average molecular weight is 235 g/mol. The van der Waals surface area contributed by atoms with Crippen LogP contribution in [0, 0.1) is 5.82 Å². The van der Waals surface area contributed by atoms with Crippen LogP contribution in [-0.2, 0) is 11.3 Å². The quantitative estimate of drug-likeness (QED) is 0.765. The topological polar surface area (TPSA) is 21.3 Å². The molecule has 17 heavy (non-hydrogen) atoms. The summed E-state index contributed by atoms with van der Waals surface area (Å²) in [6.07, 6.45) is 2.42. The van der Waals surface area contributed by atoms with E-state index in [1.807, 2.05) is 13.0 Å². The van der Waals surface area contributed by atoms with Crippen molar-refractivity contribution < 1.29 is 9.13 Å². The molecule has 92 valence electrons. The fourth-order valence-electron chi connectivity index (χ4n) is 1.66. The zero-order valence-electron chi connectivity index (χ0n) is 10.1. The van der Waals surface area contributed by atoms with Gasteiger partial charge in [-0.15, -0.1) is 0 Å². The first kappa shape index (κ1) is 12.1. The van der Waals surface area contributed by atoms with Crippen molar-refractivity contribution in [2.75, 3.05) is 6.61 Å². The van der Waals surface area contributed by atoms with Crippen LogP contribution < -0.4 is 5.32 Å². The summed E-state index contributed by atoms with van der Waals surface area (Å²) in [6.45, 7) is 6.79. The third-order valence-corrected chi connectivity index (χ3v) is 2.85. The molecule has 1 saturated carbocycles. The van der Waals surface area contributed by atoms with Crippen LogP contribution >= 0.6 is 0 Å². The molecule has 1 aromatic carbocycles. The van der Waals surface area contributed by atoms with E-state index >= 15 is 0 Å². The second-order valence-corrected chi connectivity index (χ2v) is 4.32. The Morgan fingerprint density at radius 2 is 2.29 bits per heavy atom. The molecule has 1 aromatic rings. The molecule has 1 fully saturated rings. The maximum absolute atomic E-state index is 13.8. The molecule has 0 aliphatic heterocycles. The molecule has 0 saturated heterocycles. The number of rotatable bonds is 6. The Balaban J connectivity index is 2.01. The van der Waals surface area contributed by atoms with Crippen molar-refractivity contribution in [2.45, 2.75) is 32.4 Å². The van der Waals surface area contributed by atoms with Gasteiger partial charge in [-0.05, 0) is 25.8 Å². The van der Waals surface area contributed by atoms with Crippen LogP contribution in [0.5, 0.6) is 0 Å². The second kappa shape index (κ2) is 5.32. The first-order chi connectivity index (χ1) is 8.20. The van der Waals surface area contributed by atoms with E-state index in [1.54, 1.807) is 6.07 Å². The van der Waals surface area contributed by atoms with Gasteiger partial charge in [0.25, 0.3) is 0 Å². The van der Waals surface area contributed by atoms with Crippen LogP contribution in [0.2, 0.25) is 0 Å². The van der Waals surface area contributed by atoms with E-state index in [2.05, 4.69) is 11.9 Å². The minimum absolute atomic E-state index is 0.198. The van der Waals surface area contributed by atoms with Gasteiger partial charge in [0, 0.05) is 23.7 Å². The fourth-order valence-corrected chi connectivity index (χ4v) is 1.66. The van der Waals surface area contributed by atoms with Gasteiger partial charge in [-0.3, -0.25) is 0 Å². The number of benzene rings is 1. The SMILES string of the molecule is C=C(OCC)c1ccc(CNC2CC2)c(F)c1. The molecule has 0 amide bonds. The fraction of sp³-hybridized carbons (Fsp3) is 0.429. The normalized spacial score (nSPS) is 14.7. The van der Waals surface area contributed by atoms with E-state index < -0.39 is 0 Å². The number of halogens is 1. The number of ether oxygens (including phenoxy) is 1. The third kappa shape index (κ3) is 3.30. The second-order valence-electron chi connectivity index (χ2n) is 4.32. The summed E-state index contributed by atoms with van der Waals surface area (Å²) >= 11 is 0. The molecule has 0 atom stereocenters. The first-order valence-corrected chi connectivity index (χ1v) is 6.04. The average Bonchev–Trinajstić information content (AvgIpc) is 3.11. The Morgan fingerprint density at radius 3 is 2.88 bits per heavy atom. The summed E-state index contributed by atoms with van der Waals surface area (Å²) in [6, 6.07) is 5.73. The van der Waals surface area contributed by atoms with Gasteiger partial charge in [-0.25, -0.2) is 4.39 Å². The van der Waals surface area contributed by atoms with E-state index in [-0.39, 0.29) is 5.82 Å². The predicted octanol–water partition coefficient (Wildman–Crippen LogP) is 3.08. The Bertz CT molecular complexity index is 413. The van der Waals surface area contributed by atoms with Gasteiger partial charge < -0.3 is 10.1 Å². The molecular formula is C14H18FNO. The zero-order chi connectivity index (χ0) is 12.3. The maximum Gasteiger partial charge on any atom is 0.128 e. The standard InChI is InChI=1S/C14H18FNO/c1-3-17-10(2)11-4-5-12(14(15)8-11)9-16-13-6-7-13/h4-5,8,13,16H,2-3,6-7,9H2,1H3. The smallest absolute Gasteiger partial charge is 0.128 e. The van der Waals surface area contributed by atoms with Crippen molar-refractivity contribution in [1.82, 2.24) is 5.32 Å². The summed E-state index contributed by atoms with van der Waals surface area (Å²) in [7, 11) is 0. The molecule has 1 aliphatic carbocycles. The van der Waals surface area contributed by atoms with Crippen LogP contribution in [-0.4, -0.2) is 12.6 Å². The van der Waals surface area contributed by atoms with Crippen LogP contribution in [0.25, 0.3) is 5.76 Å². The minimum atomic E-state index is -0.198. The molecule has 0 heterocycles. The van der Waals surface area contributed by atoms with Gasteiger partial charge in [0.1, 0.15) is 11.6 Å². The Hall–Kier alpha value is -1.35. The van der Waals surface area contributed by atoms with Crippen molar-refractivity contribution in [3.05, 3.63) is 41.7 Å². The lowest BCUT2D eigenvalue weighted by Gasteiger charge is -2.09. The highest BCUT2D eigenvalue weighted by Crippen LogP contribution is 2.21. The van der Waals surface area contributed by atoms with Crippen LogP contribution in [0.15, 0.2) is 24.8 Å². The molecule has 1 aliphatic rings. The molecule has 0 unspecified atom stereocenters. The van der Waals surface area contributed by atoms with Crippen molar-refractivity contribution in [3.8, 4) is 0 Å². The van der Waals surface area contributed by atoms with E-state index in [4.69, 9.17) is 4.74 Å². The summed E-state index contributed by atoms with van der Waals surface area (Å²) in [5.74, 6) is 0.324. The molecule has 0 bridgehead atoms. The summed E-state index contributed by atoms with van der Waals surface area (Å²) in [5, 5.41) is 3.29. The van der Waals surface area contributed by atoms with Gasteiger partial charge in [0.05, 0.1) is 6.61 Å². The number of nitrogens with one attached hydrogen (secondary N) is 1. The van der Waals surface area contributed by atoms with E-state index in [0.717, 1.165) is 0 Å². The molecule has 0 spiro atoms.